The molecule has 0 aromatic rings. The Hall–Kier alpha value is -1.17. The standard InChI is InChI=1S/C9H14F2N2O2/c1-2-5-15-8(14)13-7-6-12-4-3-9(7,10)11/h2,7,12H,1,3-6H2,(H,13,14)/t7-/m0/s1. The lowest BCUT2D eigenvalue weighted by atomic mass is 10.0. The van der Waals surface area contributed by atoms with E-state index in [1.54, 1.807) is 0 Å². The van der Waals surface area contributed by atoms with Crippen molar-refractivity contribution in [1.82, 2.24) is 10.6 Å². The fraction of sp³-hybridized carbons (Fsp3) is 0.667. The molecule has 0 radical (unpaired) electrons. The fourth-order valence-corrected chi connectivity index (χ4v) is 1.30. The van der Waals surface area contributed by atoms with Crippen LogP contribution in [0.3, 0.4) is 0 Å². The van der Waals surface area contributed by atoms with Crippen molar-refractivity contribution in [3.8, 4) is 0 Å². The highest BCUT2D eigenvalue weighted by Gasteiger charge is 2.42. The first kappa shape index (κ1) is 11.9. The van der Waals surface area contributed by atoms with Crippen LogP contribution in [-0.4, -0.2) is 37.8 Å². The smallest absolute Gasteiger partial charge is 0.407 e. The molecule has 1 heterocycles. The predicted molar refractivity (Wildman–Crippen MR) is 50.9 cm³/mol. The van der Waals surface area contributed by atoms with Gasteiger partial charge >= 0.3 is 6.09 Å². The van der Waals surface area contributed by atoms with Crippen LogP contribution in [0.4, 0.5) is 13.6 Å². The van der Waals surface area contributed by atoms with Crippen molar-refractivity contribution in [2.75, 3.05) is 19.7 Å². The van der Waals surface area contributed by atoms with Crippen LogP contribution in [-0.2, 0) is 4.74 Å². The van der Waals surface area contributed by atoms with Gasteiger partial charge in [0.15, 0.2) is 0 Å². The van der Waals surface area contributed by atoms with Crippen molar-refractivity contribution in [3.05, 3.63) is 12.7 Å². The van der Waals surface area contributed by atoms with E-state index in [9.17, 15) is 13.6 Å². The number of alkyl carbamates (subject to hydrolysis) is 1. The molecular formula is C9H14F2N2O2. The quantitative estimate of drug-likeness (QED) is 0.695. The van der Waals surface area contributed by atoms with Crippen molar-refractivity contribution < 1.29 is 18.3 Å². The van der Waals surface area contributed by atoms with Gasteiger partial charge in [0.05, 0.1) is 0 Å². The molecule has 1 rings (SSSR count). The Bertz CT molecular complexity index is 246. The van der Waals surface area contributed by atoms with Gasteiger partial charge in [0, 0.05) is 19.5 Å². The molecule has 4 nitrogen and oxygen atoms in total. The number of amides is 1. The van der Waals surface area contributed by atoms with Gasteiger partial charge in [0.25, 0.3) is 5.92 Å². The average Bonchev–Trinajstić information content (AvgIpc) is 2.18. The molecule has 0 aromatic carbocycles. The number of carbonyl (C=O) groups excluding carboxylic acids is 1. The zero-order chi connectivity index (χ0) is 11.3. The molecule has 0 spiro atoms. The number of rotatable bonds is 3. The Morgan fingerprint density at radius 3 is 3.07 bits per heavy atom. The molecule has 2 N–H and O–H groups in total. The molecule has 1 aliphatic heterocycles. The molecule has 15 heavy (non-hydrogen) atoms. The summed E-state index contributed by atoms with van der Waals surface area (Å²) in [6.07, 6.45) is 0.249. The maximum Gasteiger partial charge on any atom is 0.407 e. The highest BCUT2D eigenvalue weighted by Crippen LogP contribution is 2.24. The summed E-state index contributed by atoms with van der Waals surface area (Å²) < 4.78 is 31.0. The van der Waals surface area contributed by atoms with Crippen molar-refractivity contribution in [3.63, 3.8) is 0 Å². The fourth-order valence-electron chi connectivity index (χ4n) is 1.30. The number of ether oxygens (including phenoxy) is 1. The van der Waals surface area contributed by atoms with E-state index < -0.39 is 18.1 Å². The number of halogens is 2. The summed E-state index contributed by atoms with van der Waals surface area (Å²) >= 11 is 0. The van der Waals surface area contributed by atoms with E-state index >= 15 is 0 Å². The van der Waals surface area contributed by atoms with Crippen LogP contribution in [0.2, 0.25) is 0 Å². The molecule has 6 heteroatoms. The summed E-state index contributed by atoms with van der Waals surface area (Å²) in [4.78, 5) is 11.0. The Labute approximate surface area is 86.7 Å². The Kier molecular flexibility index (Phi) is 4.02. The maximum absolute atomic E-state index is 13.2. The molecule has 0 aromatic heterocycles. The first-order valence-corrected chi connectivity index (χ1v) is 4.69. The van der Waals surface area contributed by atoms with Gasteiger partial charge in [-0.1, -0.05) is 12.7 Å². The first-order valence-electron chi connectivity index (χ1n) is 4.69. The van der Waals surface area contributed by atoms with Gasteiger partial charge in [0.1, 0.15) is 12.6 Å². The average molecular weight is 220 g/mol. The summed E-state index contributed by atoms with van der Waals surface area (Å²) in [5.41, 5.74) is 0. The Balaban J connectivity index is 2.41. The molecule has 1 aliphatic rings. The van der Waals surface area contributed by atoms with Crippen molar-refractivity contribution in [1.29, 1.82) is 0 Å². The Morgan fingerprint density at radius 2 is 2.47 bits per heavy atom. The summed E-state index contributed by atoms with van der Waals surface area (Å²) in [6, 6.07) is -1.21. The van der Waals surface area contributed by atoms with E-state index in [0.717, 1.165) is 0 Å². The van der Waals surface area contributed by atoms with Gasteiger partial charge in [-0.3, -0.25) is 0 Å². The third-order valence-corrected chi connectivity index (χ3v) is 2.12. The van der Waals surface area contributed by atoms with Crippen molar-refractivity contribution in [2.24, 2.45) is 0 Å². The lowest BCUT2D eigenvalue weighted by Gasteiger charge is -2.31. The SMILES string of the molecule is C=CCOC(=O)N[C@H]1CNCCC1(F)F. The van der Waals surface area contributed by atoms with E-state index in [4.69, 9.17) is 0 Å². The molecule has 1 fully saturated rings. The summed E-state index contributed by atoms with van der Waals surface area (Å²) in [6.45, 7) is 3.66. The van der Waals surface area contributed by atoms with E-state index in [2.05, 4.69) is 21.9 Å². The van der Waals surface area contributed by atoms with Crippen LogP contribution in [0.15, 0.2) is 12.7 Å². The number of alkyl halides is 2. The largest absolute Gasteiger partial charge is 0.445 e. The second-order valence-corrected chi connectivity index (χ2v) is 3.30. The minimum Gasteiger partial charge on any atom is -0.445 e. The molecule has 0 bridgehead atoms. The molecule has 1 amide bonds. The lowest BCUT2D eigenvalue weighted by Crippen LogP contribution is -2.57. The van der Waals surface area contributed by atoms with Crippen molar-refractivity contribution in [2.45, 2.75) is 18.4 Å². The normalized spacial score (nSPS) is 24.3. The maximum atomic E-state index is 13.2. The Morgan fingerprint density at radius 1 is 1.73 bits per heavy atom. The van der Waals surface area contributed by atoms with Gasteiger partial charge in [0.2, 0.25) is 0 Å². The molecular weight excluding hydrogens is 206 g/mol. The van der Waals surface area contributed by atoms with E-state index in [0.29, 0.717) is 0 Å². The minimum atomic E-state index is -2.88. The topological polar surface area (TPSA) is 50.4 Å². The van der Waals surface area contributed by atoms with E-state index in [1.807, 2.05) is 0 Å². The summed E-state index contributed by atoms with van der Waals surface area (Å²) in [5, 5.41) is 4.90. The third kappa shape index (κ3) is 3.47. The second-order valence-electron chi connectivity index (χ2n) is 3.30. The summed E-state index contributed by atoms with van der Waals surface area (Å²) in [5.74, 6) is -2.88. The minimum absolute atomic E-state index is 0.0115. The molecule has 1 saturated heterocycles. The number of hydrogen-bond acceptors (Lipinski definition) is 3. The number of piperidine rings is 1. The summed E-state index contributed by atoms with van der Waals surface area (Å²) in [7, 11) is 0. The van der Waals surface area contributed by atoms with Crippen molar-refractivity contribution >= 4 is 6.09 Å². The van der Waals surface area contributed by atoms with Gasteiger partial charge in [-0.15, -0.1) is 0 Å². The predicted octanol–water partition coefficient (Wildman–Crippen LogP) is 0.896. The van der Waals surface area contributed by atoms with Crippen LogP contribution in [0, 0.1) is 0 Å². The molecule has 0 aliphatic carbocycles. The lowest BCUT2D eigenvalue weighted by molar-refractivity contribution is -0.0555. The molecule has 86 valence electrons. The van der Waals surface area contributed by atoms with Gasteiger partial charge < -0.3 is 15.4 Å². The van der Waals surface area contributed by atoms with Crippen LogP contribution in [0.1, 0.15) is 6.42 Å². The zero-order valence-electron chi connectivity index (χ0n) is 8.26. The highest BCUT2D eigenvalue weighted by molar-refractivity contribution is 5.67. The van der Waals surface area contributed by atoms with Gasteiger partial charge in [-0.2, -0.15) is 0 Å². The second kappa shape index (κ2) is 5.06. The van der Waals surface area contributed by atoms with E-state index in [-0.39, 0.29) is 26.1 Å². The van der Waals surface area contributed by atoms with Gasteiger partial charge in [-0.05, 0) is 0 Å². The first-order chi connectivity index (χ1) is 7.06. The zero-order valence-corrected chi connectivity index (χ0v) is 8.26. The molecule has 0 saturated carbocycles. The highest BCUT2D eigenvalue weighted by atomic mass is 19.3. The molecule has 0 unspecified atom stereocenters. The molecule has 1 atom stereocenters. The monoisotopic (exact) mass is 220 g/mol. The van der Waals surface area contributed by atoms with Crippen LogP contribution in [0.25, 0.3) is 0 Å². The number of hydrogen-bond donors (Lipinski definition) is 2. The number of nitrogens with one attached hydrogen (secondary N) is 2. The van der Waals surface area contributed by atoms with E-state index in [1.165, 1.54) is 6.08 Å². The van der Waals surface area contributed by atoms with Crippen LogP contribution in [0.5, 0.6) is 0 Å². The van der Waals surface area contributed by atoms with Crippen LogP contribution >= 0.6 is 0 Å². The van der Waals surface area contributed by atoms with Crippen LogP contribution < -0.4 is 10.6 Å². The third-order valence-electron chi connectivity index (χ3n) is 2.12. The van der Waals surface area contributed by atoms with Gasteiger partial charge in [-0.25, -0.2) is 13.6 Å². The number of carbonyl (C=O) groups is 1.